The Morgan fingerprint density at radius 2 is 1.73 bits per heavy atom. The highest BCUT2D eigenvalue weighted by Crippen LogP contribution is 2.35. The van der Waals surface area contributed by atoms with E-state index in [1.165, 1.54) is 5.56 Å². The summed E-state index contributed by atoms with van der Waals surface area (Å²) in [6.07, 6.45) is 1.78. The number of aryl methyl sites for hydroxylation is 1. The summed E-state index contributed by atoms with van der Waals surface area (Å²) in [6, 6.07) is 14.0. The third-order valence-corrected chi connectivity index (χ3v) is 3.54. The van der Waals surface area contributed by atoms with Gasteiger partial charge in [-0.15, -0.1) is 0 Å². The minimum atomic E-state index is 0.676. The van der Waals surface area contributed by atoms with Crippen molar-refractivity contribution in [3.05, 3.63) is 54.2 Å². The van der Waals surface area contributed by atoms with Crippen LogP contribution in [-0.4, -0.2) is 19.2 Å². The lowest BCUT2D eigenvalue weighted by atomic mass is 10.1. The zero-order chi connectivity index (χ0) is 15.5. The van der Waals surface area contributed by atoms with Crippen molar-refractivity contribution in [1.29, 1.82) is 0 Å². The molecule has 22 heavy (non-hydrogen) atoms. The lowest BCUT2D eigenvalue weighted by Crippen LogP contribution is -1.95. The maximum atomic E-state index is 5.39. The highest BCUT2D eigenvalue weighted by molar-refractivity contribution is 5.95. The van der Waals surface area contributed by atoms with E-state index < -0.39 is 0 Å². The van der Waals surface area contributed by atoms with Gasteiger partial charge in [0.15, 0.2) is 11.5 Å². The van der Waals surface area contributed by atoms with Crippen LogP contribution in [0.1, 0.15) is 5.56 Å². The van der Waals surface area contributed by atoms with Gasteiger partial charge in [0.1, 0.15) is 0 Å². The van der Waals surface area contributed by atoms with Gasteiger partial charge in [0, 0.05) is 29.0 Å². The topological polar surface area (TPSA) is 43.4 Å². The van der Waals surface area contributed by atoms with Crippen LogP contribution >= 0.6 is 0 Å². The summed E-state index contributed by atoms with van der Waals surface area (Å²) in [4.78, 5) is 4.41. The summed E-state index contributed by atoms with van der Waals surface area (Å²) in [5.74, 6) is 1.37. The van der Waals surface area contributed by atoms with Gasteiger partial charge >= 0.3 is 0 Å². The van der Waals surface area contributed by atoms with Crippen molar-refractivity contribution in [2.75, 3.05) is 19.5 Å². The van der Waals surface area contributed by atoms with Crippen LogP contribution in [0, 0.1) is 6.92 Å². The highest BCUT2D eigenvalue weighted by Gasteiger charge is 2.10. The first-order valence-electron chi connectivity index (χ1n) is 7.05. The quantitative estimate of drug-likeness (QED) is 0.779. The molecule has 0 bridgehead atoms. The molecule has 0 spiro atoms. The van der Waals surface area contributed by atoms with Crippen LogP contribution in [0.5, 0.6) is 11.5 Å². The van der Waals surface area contributed by atoms with Crippen LogP contribution in [0.25, 0.3) is 10.9 Å². The molecular formula is C18H18N2O2. The Kier molecular flexibility index (Phi) is 3.83. The molecule has 0 amide bonds. The Labute approximate surface area is 129 Å². The van der Waals surface area contributed by atoms with E-state index in [0.29, 0.717) is 11.5 Å². The van der Waals surface area contributed by atoms with Crippen molar-refractivity contribution in [2.24, 2.45) is 0 Å². The molecule has 0 aliphatic carbocycles. The molecule has 0 saturated carbocycles. The number of methoxy groups -OCH3 is 2. The maximum absolute atomic E-state index is 5.39. The average Bonchev–Trinajstić information content (AvgIpc) is 2.54. The van der Waals surface area contributed by atoms with Crippen LogP contribution in [-0.2, 0) is 0 Å². The summed E-state index contributed by atoms with van der Waals surface area (Å²) < 4.78 is 10.7. The number of fused-ring (bicyclic) bond motifs is 1. The molecule has 0 atom stereocenters. The minimum absolute atomic E-state index is 0.676. The maximum Gasteiger partial charge on any atom is 0.162 e. The molecular weight excluding hydrogens is 276 g/mol. The van der Waals surface area contributed by atoms with Gasteiger partial charge in [0.25, 0.3) is 0 Å². The van der Waals surface area contributed by atoms with Gasteiger partial charge < -0.3 is 14.8 Å². The lowest BCUT2D eigenvalue weighted by Gasteiger charge is -2.13. The zero-order valence-electron chi connectivity index (χ0n) is 12.9. The molecule has 4 nitrogen and oxygen atoms in total. The number of anilines is 2. The molecule has 0 fully saturated rings. The summed E-state index contributed by atoms with van der Waals surface area (Å²) in [5.41, 5.74) is 4.09. The number of hydrogen-bond donors (Lipinski definition) is 1. The fourth-order valence-corrected chi connectivity index (χ4v) is 2.46. The molecule has 3 rings (SSSR count). The first-order chi connectivity index (χ1) is 10.7. The van der Waals surface area contributed by atoms with Gasteiger partial charge in [0.2, 0.25) is 0 Å². The number of rotatable bonds is 4. The molecule has 0 aliphatic heterocycles. The number of benzene rings is 2. The van der Waals surface area contributed by atoms with E-state index in [1.54, 1.807) is 20.4 Å². The van der Waals surface area contributed by atoms with Crippen molar-refractivity contribution < 1.29 is 9.47 Å². The van der Waals surface area contributed by atoms with E-state index in [1.807, 2.05) is 30.3 Å². The second-order valence-electron chi connectivity index (χ2n) is 5.08. The summed E-state index contributed by atoms with van der Waals surface area (Å²) in [6.45, 7) is 2.07. The largest absolute Gasteiger partial charge is 0.493 e. The summed E-state index contributed by atoms with van der Waals surface area (Å²) >= 11 is 0. The van der Waals surface area contributed by atoms with Crippen LogP contribution in [0.15, 0.2) is 48.7 Å². The number of aromatic nitrogens is 1. The van der Waals surface area contributed by atoms with Gasteiger partial charge in [0.05, 0.1) is 19.7 Å². The molecule has 112 valence electrons. The Morgan fingerprint density at radius 3 is 2.45 bits per heavy atom. The second-order valence-corrected chi connectivity index (χ2v) is 5.08. The van der Waals surface area contributed by atoms with Gasteiger partial charge in [-0.05, 0) is 36.8 Å². The number of nitrogens with one attached hydrogen (secondary N) is 1. The van der Waals surface area contributed by atoms with Crippen molar-refractivity contribution in [2.45, 2.75) is 6.92 Å². The van der Waals surface area contributed by atoms with Gasteiger partial charge in [-0.1, -0.05) is 12.1 Å². The predicted octanol–water partition coefficient (Wildman–Crippen LogP) is 4.30. The molecule has 0 radical (unpaired) electrons. The third kappa shape index (κ3) is 2.68. The van der Waals surface area contributed by atoms with E-state index in [-0.39, 0.29) is 0 Å². The molecule has 4 heteroatoms. The minimum Gasteiger partial charge on any atom is -0.493 e. The smallest absolute Gasteiger partial charge is 0.162 e. The third-order valence-electron chi connectivity index (χ3n) is 3.54. The van der Waals surface area contributed by atoms with Gasteiger partial charge in [-0.3, -0.25) is 4.98 Å². The van der Waals surface area contributed by atoms with E-state index in [2.05, 4.69) is 29.4 Å². The Bertz CT molecular complexity index is 815. The zero-order valence-corrected chi connectivity index (χ0v) is 12.9. The molecule has 1 aromatic heterocycles. The number of hydrogen-bond acceptors (Lipinski definition) is 4. The monoisotopic (exact) mass is 294 g/mol. The molecule has 2 aromatic carbocycles. The second kappa shape index (κ2) is 5.93. The summed E-state index contributed by atoms with van der Waals surface area (Å²) in [7, 11) is 3.26. The lowest BCUT2D eigenvalue weighted by molar-refractivity contribution is 0.356. The highest BCUT2D eigenvalue weighted by atomic mass is 16.5. The first kappa shape index (κ1) is 14.2. The van der Waals surface area contributed by atoms with Crippen LogP contribution in [0.4, 0.5) is 11.4 Å². The first-order valence-corrected chi connectivity index (χ1v) is 7.05. The average molecular weight is 294 g/mol. The Hall–Kier alpha value is -2.75. The fraction of sp³-hybridized carbons (Fsp3) is 0.167. The van der Waals surface area contributed by atoms with Crippen LogP contribution < -0.4 is 14.8 Å². The molecule has 0 saturated heterocycles. The number of pyridine rings is 1. The number of ether oxygens (including phenoxy) is 2. The van der Waals surface area contributed by atoms with Gasteiger partial charge in [-0.25, -0.2) is 0 Å². The normalized spacial score (nSPS) is 10.5. The van der Waals surface area contributed by atoms with Gasteiger partial charge in [-0.2, -0.15) is 0 Å². The van der Waals surface area contributed by atoms with E-state index in [4.69, 9.17) is 9.47 Å². The van der Waals surface area contributed by atoms with Crippen molar-refractivity contribution >= 4 is 22.3 Å². The number of nitrogens with zero attached hydrogens (tertiary/aromatic N) is 1. The van der Waals surface area contributed by atoms with Crippen molar-refractivity contribution in [1.82, 2.24) is 4.98 Å². The Morgan fingerprint density at radius 1 is 0.955 bits per heavy atom. The standard InChI is InChI=1S/C18H18N2O2/c1-12-5-4-6-13(9-12)20-15-7-8-19-16-11-18(22-3)17(21-2)10-14(15)16/h4-11H,1-3H3,(H,19,20). The molecule has 0 aliphatic rings. The fourth-order valence-electron chi connectivity index (χ4n) is 2.46. The SMILES string of the molecule is COc1cc2nccc(Nc3cccc(C)c3)c2cc1OC. The van der Waals surface area contributed by atoms with E-state index in [9.17, 15) is 0 Å². The predicted molar refractivity (Wildman–Crippen MR) is 89.3 cm³/mol. The van der Waals surface area contributed by atoms with Crippen LogP contribution in [0.2, 0.25) is 0 Å². The van der Waals surface area contributed by atoms with Crippen molar-refractivity contribution in [3.63, 3.8) is 0 Å². The Balaban J connectivity index is 2.09. The molecule has 1 heterocycles. The summed E-state index contributed by atoms with van der Waals surface area (Å²) in [5, 5.41) is 4.43. The van der Waals surface area contributed by atoms with Crippen molar-refractivity contribution in [3.8, 4) is 11.5 Å². The van der Waals surface area contributed by atoms with E-state index in [0.717, 1.165) is 22.3 Å². The van der Waals surface area contributed by atoms with Crippen LogP contribution in [0.3, 0.4) is 0 Å². The molecule has 3 aromatic rings. The molecule has 0 unspecified atom stereocenters. The van der Waals surface area contributed by atoms with E-state index >= 15 is 0 Å². The molecule has 1 N–H and O–H groups in total.